The molecule has 1 aliphatic heterocycles. The minimum atomic E-state index is -0.243. The number of aromatic nitrogens is 2. The fourth-order valence-corrected chi connectivity index (χ4v) is 2.75. The molecule has 0 radical (unpaired) electrons. The summed E-state index contributed by atoms with van der Waals surface area (Å²) in [5, 5.41) is 17.1. The summed E-state index contributed by atoms with van der Waals surface area (Å²) in [6, 6.07) is 0. The number of carbonyl (C=O) groups is 1. The van der Waals surface area contributed by atoms with E-state index in [9.17, 15) is 9.90 Å². The van der Waals surface area contributed by atoms with Crippen molar-refractivity contribution >= 4 is 5.91 Å². The molecule has 2 rings (SSSR count). The number of nitrogens with zero attached hydrogens (tertiary/aromatic N) is 3. The Labute approximate surface area is 118 Å². The Kier molecular flexibility index (Phi) is 4.54. The summed E-state index contributed by atoms with van der Waals surface area (Å²) in [5.74, 6) is 0.00499. The van der Waals surface area contributed by atoms with Crippen LogP contribution in [-0.2, 0) is 11.2 Å². The van der Waals surface area contributed by atoms with Gasteiger partial charge in [-0.3, -0.25) is 4.79 Å². The molecule has 6 heteroatoms. The third-order valence-electron chi connectivity index (χ3n) is 3.99. The normalized spacial score (nSPS) is 22.8. The second kappa shape index (κ2) is 6.17. The van der Waals surface area contributed by atoms with Gasteiger partial charge in [0.15, 0.2) is 0 Å². The summed E-state index contributed by atoms with van der Waals surface area (Å²) < 4.78 is 4.61. The molecule has 1 aromatic rings. The number of carbonyl (C=O) groups excluding carboxylic acids is 1. The molecule has 0 aromatic carbocycles. The third kappa shape index (κ3) is 3.07. The van der Waals surface area contributed by atoms with Gasteiger partial charge in [-0.2, -0.15) is 0 Å². The highest BCUT2D eigenvalue weighted by Gasteiger charge is 2.35. The summed E-state index contributed by atoms with van der Waals surface area (Å²) >= 11 is 0. The molecule has 1 aromatic heterocycles. The summed E-state index contributed by atoms with van der Waals surface area (Å²) in [6.07, 6.45) is 4.55. The van der Waals surface area contributed by atoms with Crippen LogP contribution in [0.5, 0.6) is 0 Å². The average Bonchev–Trinajstić information content (AvgIpc) is 2.85. The third-order valence-corrected chi connectivity index (χ3v) is 3.99. The van der Waals surface area contributed by atoms with Crippen LogP contribution in [0.25, 0.3) is 0 Å². The van der Waals surface area contributed by atoms with Gasteiger partial charge in [0.2, 0.25) is 5.91 Å². The van der Waals surface area contributed by atoms with Gasteiger partial charge in [0.05, 0.1) is 13.0 Å². The van der Waals surface area contributed by atoms with Crippen LogP contribution in [0.3, 0.4) is 0 Å². The van der Waals surface area contributed by atoms with E-state index in [4.69, 9.17) is 0 Å². The molecule has 1 aliphatic rings. The highest BCUT2D eigenvalue weighted by atomic mass is 16.6. The van der Waals surface area contributed by atoms with Crippen molar-refractivity contribution in [3.05, 3.63) is 24.0 Å². The first kappa shape index (κ1) is 14.7. The lowest BCUT2D eigenvalue weighted by Crippen LogP contribution is -2.48. The zero-order valence-corrected chi connectivity index (χ0v) is 11.8. The minimum Gasteiger partial charge on any atom is -0.396 e. The first-order chi connectivity index (χ1) is 9.60. The molecule has 0 unspecified atom stereocenters. The maximum absolute atomic E-state index is 12.3. The highest BCUT2D eigenvalue weighted by Crippen LogP contribution is 2.33. The largest absolute Gasteiger partial charge is 0.396 e. The van der Waals surface area contributed by atoms with E-state index in [0.717, 1.165) is 25.8 Å². The van der Waals surface area contributed by atoms with Crippen LogP contribution in [0.15, 0.2) is 17.3 Å². The fraction of sp³-hybridized carbons (Fsp3) is 0.643. The van der Waals surface area contributed by atoms with Crippen LogP contribution < -0.4 is 0 Å². The van der Waals surface area contributed by atoms with E-state index in [-0.39, 0.29) is 24.3 Å². The number of allylic oxidation sites excluding steroid dienone is 1. The molecule has 0 bridgehead atoms. The van der Waals surface area contributed by atoms with E-state index in [0.29, 0.717) is 17.9 Å². The Morgan fingerprint density at radius 2 is 2.40 bits per heavy atom. The van der Waals surface area contributed by atoms with E-state index >= 15 is 0 Å². The molecule has 110 valence electrons. The van der Waals surface area contributed by atoms with Crippen molar-refractivity contribution < 1.29 is 14.5 Å². The predicted molar refractivity (Wildman–Crippen MR) is 72.9 cm³/mol. The van der Waals surface area contributed by atoms with Crippen LogP contribution in [0.1, 0.15) is 30.7 Å². The molecular weight excluding hydrogens is 258 g/mol. The number of aliphatic hydroxyl groups is 1. The van der Waals surface area contributed by atoms with Crippen molar-refractivity contribution in [2.24, 2.45) is 5.41 Å². The Balaban J connectivity index is 2.03. The zero-order valence-electron chi connectivity index (χ0n) is 11.8. The Morgan fingerprint density at radius 3 is 3.00 bits per heavy atom. The number of aryl methyl sites for hydroxylation is 1. The molecule has 1 atom stereocenters. The summed E-state index contributed by atoms with van der Waals surface area (Å²) in [7, 11) is 0. The lowest BCUT2D eigenvalue weighted by atomic mass is 9.77. The second-order valence-electron chi connectivity index (χ2n) is 5.54. The van der Waals surface area contributed by atoms with E-state index in [1.165, 1.54) is 0 Å². The maximum atomic E-state index is 12.3. The van der Waals surface area contributed by atoms with Gasteiger partial charge in [-0.15, -0.1) is 6.58 Å². The molecular formula is C14H21N3O3. The topological polar surface area (TPSA) is 79.5 Å². The minimum absolute atomic E-state index is 0.00499. The van der Waals surface area contributed by atoms with Crippen LogP contribution in [-0.4, -0.2) is 45.9 Å². The molecule has 0 spiro atoms. The van der Waals surface area contributed by atoms with Crippen LogP contribution in [0.4, 0.5) is 0 Å². The lowest BCUT2D eigenvalue weighted by molar-refractivity contribution is -0.134. The number of amides is 1. The molecule has 2 heterocycles. The van der Waals surface area contributed by atoms with Crippen molar-refractivity contribution in [2.45, 2.75) is 32.6 Å². The van der Waals surface area contributed by atoms with Crippen molar-refractivity contribution in [3.8, 4) is 0 Å². The van der Waals surface area contributed by atoms with Gasteiger partial charge < -0.3 is 10.0 Å². The first-order valence-electron chi connectivity index (χ1n) is 6.88. The zero-order chi connectivity index (χ0) is 14.6. The maximum Gasteiger partial charge on any atom is 0.228 e. The molecule has 0 aliphatic carbocycles. The molecule has 0 saturated carbocycles. The second-order valence-corrected chi connectivity index (χ2v) is 5.54. The van der Waals surface area contributed by atoms with Crippen molar-refractivity contribution in [3.63, 3.8) is 0 Å². The lowest BCUT2D eigenvalue weighted by Gasteiger charge is -2.41. The average molecular weight is 279 g/mol. The number of hydrogen-bond donors (Lipinski definition) is 1. The molecule has 1 N–H and O–H groups in total. The van der Waals surface area contributed by atoms with E-state index < -0.39 is 0 Å². The number of hydrogen-bond acceptors (Lipinski definition) is 5. The van der Waals surface area contributed by atoms with Gasteiger partial charge in [-0.05, 0) is 26.2 Å². The van der Waals surface area contributed by atoms with Gasteiger partial charge in [0, 0.05) is 18.5 Å². The fourth-order valence-electron chi connectivity index (χ4n) is 2.75. The monoisotopic (exact) mass is 279 g/mol. The molecule has 20 heavy (non-hydrogen) atoms. The Bertz CT molecular complexity index is 486. The molecule has 1 fully saturated rings. The predicted octanol–water partition coefficient (Wildman–Crippen LogP) is 1.10. The molecule has 6 nitrogen and oxygen atoms in total. The summed E-state index contributed by atoms with van der Waals surface area (Å²) in [5.41, 5.74) is 0.987. The van der Waals surface area contributed by atoms with Crippen molar-refractivity contribution in [1.29, 1.82) is 0 Å². The van der Waals surface area contributed by atoms with Gasteiger partial charge in [0.1, 0.15) is 11.4 Å². The number of piperidine rings is 1. The standard InChI is InChI=1S/C14H21N3O3/c1-3-5-14(10-18)6-4-7-17(9-14)13(19)8-12-11(2)15-20-16-12/h3,18H,1,4-10H2,2H3/t14-/m0/s1. The highest BCUT2D eigenvalue weighted by molar-refractivity contribution is 5.78. The van der Waals surface area contributed by atoms with E-state index in [1.54, 1.807) is 11.8 Å². The SMILES string of the molecule is C=CC[C@]1(CO)CCCN(C(=O)Cc2nonc2C)C1. The van der Waals surface area contributed by atoms with E-state index in [2.05, 4.69) is 21.5 Å². The van der Waals surface area contributed by atoms with Crippen molar-refractivity contribution in [1.82, 2.24) is 15.2 Å². The van der Waals surface area contributed by atoms with Crippen LogP contribution in [0, 0.1) is 12.3 Å². The van der Waals surface area contributed by atoms with Crippen LogP contribution in [0.2, 0.25) is 0 Å². The number of aliphatic hydroxyl groups excluding tert-OH is 1. The number of rotatable bonds is 5. The Hall–Kier alpha value is -1.69. The molecule has 1 saturated heterocycles. The Morgan fingerprint density at radius 1 is 1.60 bits per heavy atom. The smallest absolute Gasteiger partial charge is 0.228 e. The molecule has 1 amide bonds. The quantitative estimate of drug-likeness (QED) is 0.816. The van der Waals surface area contributed by atoms with E-state index in [1.807, 2.05) is 6.08 Å². The summed E-state index contributed by atoms with van der Waals surface area (Å²) in [4.78, 5) is 14.1. The summed E-state index contributed by atoms with van der Waals surface area (Å²) in [6.45, 7) is 6.88. The van der Waals surface area contributed by atoms with Gasteiger partial charge >= 0.3 is 0 Å². The van der Waals surface area contributed by atoms with Crippen molar-refractivity contribution in [2.75, 3.05) is 19.7 Å². The van der Waals surface area contributed by atoms with Gasteiger partial charge in [0.25, 0.3) is 0 Å². The van der Waals surface area contributed by atoms with Crippen LogP contribution >= 0.6 is 0 Å². The first-order valence-corrected chi connectivity index (χ1v) is 6.88. The number of likely N-dealkylation sites (tertiary alicyclic amines) is 1. The van der Waals surface area contributed by atoms with Gasteiger partial charge in [-0.1, -0.05) is 16.4 Å². The van der Waals surface area contributed by atoms with Gasteiger partial charge in [-0.25, -0.2) is 4.63 Å².